The molecule has 1 amide bonds. The van der Waals surface area contributed by atoms with Gasteiger partial charge in [-0.2, -0.15) is 0 Å². The van der Waals surface area contributed by atoms with Gasteiger partial charge in [0.15, 0.2) is 5.78 Å². The van der Waals surface area contributed by atoms with Crippen molar-refractivity contribution in [2.24, 2.45) is 0 Å². The summed E-state index contributed by atoms with van der Waals surface area (Å²) in [5.41, 5.74) is -1.51. The maximum atomic E-state index is 13.5. The van der Waals surface area contributed by atoms with Gasteiger partial charge in [-0.25, -0.2) is 4.39 Å². The quantitative estimate of drug-likeness (QED) is 0.600. The Morgan fingerprint density at radius 2 is 1.95 bits per heavy atom. The number of ketones is 1. The first-order valence-electron chi connectivity index (χ1n) is 5.45. The number of carbonyl (C=O) groups is 2. The molecule has 0 unspecified atom stereocenters. The van der Waals surface area contributed by atoms with Crippen LogP contribution in [0.15, 0.2) is 12.4 Å². The van der Waals surface area contributed by atoms with Gasteiger partial charge >= 0.3 is 0 Å². The fourth-order valence-electron chi connectivity index (χ4n) is 1.55. The summed E-state index contributed by atoms with van der Waals surface area (Å²) in [4.78, 5) is 27.6. The minimum Gasteiger partial charge on any atom is -0.334 e. The van der Waals surface area contributed by atoms with E-state index < -0.39 is 11.5 Å². The van der Waals surface area contributed by atoms with Gasteiger partial charge in [0.05, 0.1) is 28.7 Å². The molecule has 104 valence electrons. The van der Waals surface area contributed by atoms with Crippen molar-refractivity contribution in [1.29, 1.82) is 0 Å². The van der Waals surface area contributed by atoms with E-state index in [0.717, 1.165) is 4.90 Å². The highest BCUT2D eigenvalue weighted by atomic mass is 35.5. The SMILES string of the molecule is CC(C)(F)CN(C=O)CC(=O)c1c(Cl)cncc1Cl. The van der Waals surface area contributed by atoms with Gasteiger partial charge in [0.25, 0.3) is 0 Å². The molecule has 0 radical (unpaired) electrons. The van der Waals surface area contributed by atoms with Gasteiger partial charge in [0.2, 0.25) is 6.41 Å². The minimum absolute atomic E-state index is 0.0850. The molecule has 1 heterocycles. The predicted octanol–water partition coefficient (Wildman–Crippen LogP) is 2.78. The monoisotopic (exact) mass is 306 g/mol. The zero-order chi connectivity index (χ0) is 14.6. The molecule has 0 bridgehead atoms. The number of amides is 1. The maximum absolute atomic E-state index is 13.5. The number of rotatable bonds is 6. The van der Waals surface area contributed by atoms with E-state index in [0.29, 0.717) is 6.41 Å². The van der Waals surface area contributed by atoms with E-state index >= 15 is 0 Å². The first-order valence-corrected chi connectivity index (χ1v) is 6.20. The van der Waals surface area contributed by atoms with Crippen LogP contribution in [0.1, 0.15) is 24.2 Å². The number of pyridine rings is 1. The summed E-state index contributed by atoms with van der Waals surface area (Å²) in [6.45, 7) is 2.16. The fraction of sp³-hybridized carbons (Fsp3) is 0.417. The van der Waals surface area contributed by atoms with Crippen LogP contribution < -0.4 is 0 Å². The largest absolute Gasteiger partial charge is 0.334 e. The van der Waals surface area contributed by atoms with Gasteiger partial charge in [-0.3, -0.25) is 14.6 Å². The zero-order valence-corrected chi connectivity index (χ0v) is 12.0. The molecule has 0 N–H and O–H groups in total. The van der Waals surface area contributed by atoms with Crippen LogP contribution in [0.3, 0.4) is 0 Å². The van der Waals surface area contributed by atoms with Gasteiger partial charge in [0.1, 0.15) is 5.67 Å². The lowest BCUT2D eigenvalue weighted by Crippen LogP contribution is -2.38. The summed E-state index contributed by atoms with van der Waals surface area (Å²) in [5.74, 6) is -0.464. The Morgan fingerprint density at radius 1 is 1.42 bits per heavy atom. The number of halogens is 3. The number of hydrogen-bond donors (Lipinski definition) is 0. The molecule has 0 aliphatic rings. The third kappa shape index (κ3) is 4.76. The predicted molar refractivity (Wildman–Crippen MR) is 71.4 cm³/mol. The Morgan fingerprint density at radius 3 is 2.37 bits per heavy atom. The summed E-state index contributed by atoms with van der Waals surface area (Å²) >= 11 is 11.7. The molecule has 1 aromatic rings. The average Bonchev–Trinajstić information content (AvgIpc) is 2.25. The van der Waals surface area contributed by atoms with Crippen LogP contribution in [-0.2, 0) is 4.79 Å². The summed E-state index contributed by atoms with van der Waals surface area (Å²) < 4.78 is 13.5. The van der Waals surface area contributed by atoms with E-state index in [2.05, 4.69) is 4.98 Å². The lowest BCUT2D eigenvalue weighted by atomic mass is 10.1. The first kappa shape index (κ1) is 15.9. The highest BCUT2D eigenvalue weighted by Crippen LogP contribution is 2.23. The summed E-state index contributed by atoms with van der Waals surface area (Å²) in [7, 11) is 0. The molecule has 1 aromatic heterocycles. The standard InChI is InChI=1S/C12H13Cl2FN2O2/c1-12(2,15)6-17(7-18)5-10(19)11-8(13)3-16-4-9(11)14/h3-4,7H,5-6H2,1-2H3. The second-order valence-corrected chi connectivity index (χ2v) is 5.44. The second-order valence-electron chi connectivity index (χ2n) is 4.63. The Balaban J connectivity index is 2.87. The summed E-state index contributed by atoms with van der Waals surface area (Å²) in [6.07, 6.45) is 2.98. The molecule has 0 saturated carbocycles. The van der Waals surface area contributed by atoms with Gasteiger partial charge < -0.3 is 4.90 Å². The molecule has 19 heavy (non-hydrogen) atoms. The molecular formula is C12H13Cl2FN2O2. The van der Waals surface area contributed by atoms with Crippen LogP contribution >= 0.6 is 23.2 Å². The number of carbonyl (C=O) groups excluding carboxylic acids is 2. The van der Waals surface area contributed by atoms with Crippen molar-refractivity contribution in [1.82, 2.24) is 9.88 Å². The lowest BCUT2D eigenvalue weighted by molar-refractivity contribution is -0.119. The van der Waals surface area contributed by atoms with Crippen LogP contribution in [0.4, 0.5) is 4.39 Å². The molecule has 0 atom stereocenters. The highest BCUT2D eigenvalue weighted by Gasteiger charge is 2.23. The van der Waals surface area contributed by atoms with E-state index in [1.165, 1.54) is 26.2 Å². The molecule has 0 saturated heterocycles. The van der Waals surface area contributed by atoms with E-state index in [-0.39, 0.29) is 28.7 Å². The third-order valence-corrected chi connectivity index (χ3v) is 2.78. The number of hydrogen-bond acceptors (Lipinski definition) is 3. The third-order valence-electron chi connectivity index (χ3n) is 2.21. The molecule has 0 aliphatic carbocycles. The van der Waals surface area contributed by atoms with Crippen molar-refractivity contribution >= 4 is 35.4 Å². The van der Waals surface area contributed by atoms with Crippen molar-refractivity contribution in [3.8, 4) is 0 Å². The van der Waals surface area contributed by atoms with Crippen LogP contribution in [-0.4, -0.2) is 40.8 Å². The smallest absolute Gasteiger partial charge is 0.210 e. The highest BCUT2D eigenvalue weighted by molar-refractivity contribution is 6.39. The second kappa shape index (κ2) is 6.30. The minimum atomic E-state index is -1.59. The fourth-order valence-corrected chi connectivity index (χ4v) is 2.13. The molecule has 0 aromatic carbocycles. The van der Waals surface area contributed by atoms with E-state index in [9.17, 15) is 14.0 Å². The average molecular weight is 307 g/mol. The van der Waals surface area contributed by atoms with E-state index in [4.69, 9.17) is 23.2 Å². The molecule has 0 aliphatic heterocycles. The maximum Gasteiger partial charge on any atom is 0.210 e. The van der Waals surface area contributed by atoms with Crippen LogP contribution in [0, 0.1) is 0 Å². The number of nitrogens with zero attached hydrogens (tertiary/aromatic N) is 2. The Kier molecular flexibility index (Phi) is 5.26. The van der Waals surface area contributed by atoms with Crippen LogP contribution in [0.25, 0.3) is 0 Å². The van der Waals surface area contributed by atoms with Crippen LogP contribution in [0.5, 0.6) is 0 Å². The first-order chi connectivity index (χ1) is 8.74. The van der Waals surface area contributed by atoms with Crippen molar-refractivity contribution in [2.75, 3.05) is 13.1 Å². The molecule has 0 fully saturated rings. The van der Waals surface area contributed by atoms with Gasteiger partial charge in [-0.1, -0.05) is 23.2 Å². The normalized spacial score (nSPS) is 11.2. The lowest BCUT2D eigenvalue weighted by Gasteiger charge is -2.23. The Labute approximate surface area is 120 Å². The van der Waals surface area contributed by atoms with E-state index in [1.807, 2.05) is 0 Å². The zero-order valence-electron chi connectivity index (χ0n) is 10.5. The van der Waals surface area contributed by atoms with E-state index in [1.54, 1.807) is 0 Å². The van der Waals surface area contributed by atoms with Gasteiger partial charge in [0, 0.05) is 12.4 Å². The van der Waals surface area contributed by atoms with Crippen LogP contribution in [0.2, 0.25) is 10.0 Å². The Bertz CT molecular complexity index is 469. The molecule has 7 heteroatoms. The van der Waals surface area contributed by atoms with Crippen molar-refractivity contribution in [3.05, 3.63) is 28.0 Å². The summed E-state index contributed by atoms with van der Waals surface area (Å²) in [6, 6.07) is 0. The number of Topliss-reactive ketones (excluding diaryl/α,β-unsaturated/α-hetero) is 1. The molecule has 0 spiro atoms. The van der Waals surface area contributed by atoms with Crippen molar-refractivity contribution < 1.29 is 14.0 Å². The molecule has 1 rings (SSSR count). The van der Waals surface area contributed by atoms with Gasteiger partial charge in [-0.15, -0.1) is 0 Å². The number of aromatic nitrogens is 1. The van der Waals surface area contributed by atoms with Gasteiger partial charge in [-0.05, 0) is 13.8 Å². The Hall–Kier alpha value is -1.20. The van der Waals surface area contributed by atoms with Crippen molar-refractivity contribution in [3.63, 3.8) is 0 Å². The topological polar surface area (TPSA) is 50.3 Å². The molecule has 4 nitrogen and oxygen atoms in total. The molecular weight excluding hydrogens is 294 g/mol. The summed E-state index contributed by atoms with van der Waals surface area (Å²) in [5, 5.41) is 0.200. The van der Waals surface area contributed by atoms with Crippen molar-refractivity contribution in [2.45, 2.75) is 19.5 Å². The number of alkyl halides is 1.